The summed E-state index contributed by atoms with van der Waals surface area (Å²) in [5, 5.41) is 2.98. The molecular formula is C18H28N2O. The molecule has 1 fully saturated rings. The Morgan fingerprint density at radius 3 is 2.43 bits per heavy atom. The van der Waals surface area contributed by atoms with Crippen LogP contribution >= 0.6 is 0 Å². The standard InChI is InChI=1S/C18H28N2O/c1-15(2)10-11-19-18(21)17-8-6-16(7-9-17)14-20-12-4-3-5-13-20/h6-9,15H,3-5,10-14H2,1-2H3,(H,19,21). The molecule has 1 aliphatic heterocycles. The summed E-state index contributed by atoms with van der Waals surface area (Å²) in [6.45, 7) is 8.51. The lowest BCUT2D eigenvalue weighted by Crippen LogP contribution is -2.29. The molecule has 0 atom stereocenters. The van der Waals surface area contributed by atoms with Gasteiger partial charge < -0.3 is 5.32 Å². The molecule has 0 bridgehead atoms. The normalized spacial score (nSPS) is 16.1. The van der Waals surface area contributed by atoms with Gasteiger partial charge in [0.25, 0.3) is 5.91 Å². The summed E-state index contributed by atoms with van der Waals surface area (Å²) in [6.07, 6.45) is 5.03. The van der Waals surface area contributed by atoms with E-state index in [0.29, 0.717) is 5.92 Å². The van der Waals surface area contributed by atoms with E-state index in [4.69, 9.17) is 0 Å². The third kappa shape index (κ3) is 5.50. The maximum atomic E-state index is 12.0. The van der Waals surface area contributed by atoms with Crippen LogP contribution in [-0.2, 0) is 6.54 Å². The average Bonchev–Trinajstić information content (AvgIpc) is 2.48. The van der Waals surface area contributed by atoms with Crippen molar-refractivity contribution in [1.82, 2.24) is 10.2 Å². The molecule has 3 nitrogen and oxygen atoms in total. The van der Waals surface area contributed by atoms with Gasteiger partial charge in [0.05, 0.1) is 0 Å². The maximum Gasteiger partial charge on any atom is 0.251 e. The van der Waals surface area contributed by atoms with Gasteiger partial charge in [-0.1, -0.05) is 32.4 Å². The van der Waals surface area contributed by atoms with E-state index in [1.807, 2.05) is 12.1 Å². The number of benzene rings is 1. The second kappa shape index (κ2) is 8.18. The number of carbonyl (C=O) groups excluding carboxylic acids is 1. The van der Waals surface area contributed by atoms with Crippen molar-refractivity contribution >= 4 is 5.91 Å². The third-order valence-corrected chi connectivity index (χ3v) is 4.08. The van der Waals surface area contributed by atoms with Crippen molar-refractivity contribution < 1.29 is 4.79 Å². The number of nitrogens with zero attached hydrogens (tertiary/aromatic N) is 1. The van der Waals surface area contributed by atoms with Crippen LogP contribution in [0.5, 0.6) is 0 Å². The highest BCUT2D eigenvalue weighted by atomic mass is 16.1. The minimum absolute atomic E-state index is 0.0418. The summed E-state index contributed by atoms with van der Waals surface area (Å²) in [5.74, 6) is 0.664. The molecule has 0 spiro atoms. The Labute approximate surface area is 128 Å². The molecule has 1 heterocycles. The molecule has 0 aliphatic carbocycles. The van der Waals surface area contributed by atoms with Gasteiger partial charge in [-0.05, 0) is 56.0 Å². The van der Waals surface area contributed by atoms with Gasteiger partial charge in [0.1, 0.15) is 0 Å². The van der Waals surface area contributed by atoms with Crippen molar-refractivity contribution in [3.05, 3.63) is 35.4 Å². The highest BCUT2D eigenvalue weighted by Crippen LogP contribution is 2.13. The molecule has 0 saturated carbocycles. The summed E-state index contributed by atoms with van der Waals surface area (Å²) in [7, 11) is 0. The first-order valence-electron chi connectivity index (χ1n) is 8.24. The van der Waals surface area contributed by atoms with Crippen LogP contribution in [0.15, 0.2) is 24.3 Å². The molecule has 21 heavy (non-hydrogen) atoms. The minimum Gasteiger partial charge on any atom is -0.352 e. The average molecular weight is 288 g/mol. The van der Waals surface area contributed by atoms with Gasteiger partial charge in [0, 0.05) is 18.7 Å². The third-order valence-electron chi connectivity index (χ3n) is 4.08. The lowest BCUT2D eigenvalue weighted by Gasteiger charge is -2.26. The van der Waals surface area contributed by atoms with Gasteiger partial charge in [-0.3, -0.25) is 9.69 Å². The Hall–Kier alpha value is -1.35. The topological polar surface area (TPSA) is 32.3 Å². The van der Waals surface area contributed by atoms with E-state index in [1.54, 1.807) is 0 Å². The molecule has 116 valence electrons. The van der Waals surface area contributed by atoms with E-state index in [-0.39, 0.29) is 5.91 Å². The highest BCUT2D eigenvalue weighted by Gasteiger charge is 2.11. The van der Waals surface area contributed by atoms with E-state index >= 15 is 0 Å². The van der Waals surface area contributed by atoms with Crippen LogP contribution in [0.1, 0.15) is 55.5 Å². The van der Waals surface area contributed by atoms with Crippen molar-refractivity contribution in [1.29, 1.82) is 0 Å². The smallest absolute Gasteiger partial charge is 0.251 e. The molecule has 0 unspecified atom stereocenters. The fraction of sp³-hybridized carbons (Fsp3) is 0.611. The molecular weight excluding hydrogens is 260 g/mol. The van der Waals surface area contributed by atoms with Crippen LogP contribution in [0.3, 0.4) is 0 Å². The van der Waals surface area contributed by atoms with Crippen molar-refractivity contribution in [3.8, 4) is 0 Å². The van der Waals surface area contributed by atoms with Crippen LogP contribution in [0, 0.1) is 5.92 Å². The lowest BCUT2D eigenvalue weighted by atomic mass is 10.1. The van der Waals surface area contributed by atoms with Gasteiger partial charge in [-0.2, -0.15) is 0 Å². The molecule has 1 aromatic carbocycles. The Morgan fingerprint density at radius 1 is 1.14 bits per heavy atom. The number of carbonyl (C=O) groups is 1. The second-order valence-corrected chi connectivity index (χ2v) is 6.47. The molecule has 0 radical (unpaired) electrons. The first-order chi connectivity index (χ1) is 10.1. The van der Waals surface area contributed by atoms with Gasteiger partial charge in [-0.25, -0.2) is 0 Å². The van der Waals surface area contributed by atoms with Crippen LogP contribution in [-0.4, -0.2) is 30.4 Å². The number of rotatable bonds is 6. The van der Waals surface area contributed by atoms with Crippen molar-refractivity contribution in [2.24, 2.45) is 5.92 Å². The van der Waals surface area contributed by atoms with Crippen LogP contribution < -0.4 is 5.32 Å². The Kier molecular flexibility index (Phi) is 6.24. The zero-order valence-corrected chi connectivity index (χ0v) is 13.4. The van der Waals surface area contributed by atoms with Crippen LogP contribution in [0.2, 0.25) is 0 Å². The molecule has 0 aromatic heterocycles. The van der Waals surface area contributed by atoms with Gasteiger partial charge >= 0.3 is 0 Å². The van der Waals surface area contributed by atoms with Gasteiger partial charge in [0.2, 0.25) is 0 Å². The lowest BCUT2D eigenvalue weighted by molar-refractivity contribution is 0.0952. The van der Waals surface area contributed by atoms with Crippen LogP contribution in [0.4, 0.5) is 0 Å². The molecule has 1 N–H and O–H groups in total. The fourth-order valence-corrected chi connectivity index (χ4v) is 2.71. The molecule has 1 amide bonds. The maximum absolute atomic E-state index is 12.0. The largest absolute Gasteiger partial charge is 0.352 e. The predicted molar refractivity (Wildman–Crippen MR) is 87.4 cm³/mol. The Balaban J connectivity index is 1.81. The summed E-state index contributed by atoms with van der Waals surface area (Å²) in [5.41, 5.74) is 2.07. The Bertz CT molecular complexity index is 433. The minimum atomic E-state index is 0.0418. The van der Waals surface area contributed by atoms with Gasteiger partial charge in [0.15, 0.2) is 0 Å². The summed E-state index contributed by atoms with van der Waals surface area (Å²) in [6, 6.07) is 8.08. The van der Waals surface area contributed by atoms with Gasteiger partial charge in [-0.15, -0.1) is 0 Å². The molecule has 3 heteroatoms. The first kappa shape index (κ1) is 16.0. The van der Waals surface area contributed by atoms with Crippen molar-refractivity contribution in [2.75, 3.05) is 19.6 Å². The van der Waals surface area contributed by atoms with Crippen molar-refractivity contribution in [2.45, 2.75) is 46.1 Å². The van der Waals surface area contributed by atoms with E-state index in [0.717, 1.165) is 25.1 Å². The first-order valence-corrected chi connectivity index (χ1v) is 8.24. The monoisotopic (exact) mass is 288 g/mol. The number of piperidine rings is 1. The number of hydrogen-bond donors (Lipinski definition) is 1. The van der Waals surface area contributed by atoms with Crippen molar-refractivity contribution in [3.63, 3.8) is 0 Å². The zero-order chi connectivity index (χ0) is 15.1. The zero-order valence-electron chi connectivity index (χ0n) is 13.4. The number of likely N-dealkylation sites (tertiary alicyclic amines) is 1. The van der Waals surface area contributed by atoms with E-state index in [1.165, 1.54) is 37.9 Å². The molecule has 1 saturated heterocycles. The van der Waals surface area contributed by atoms with E-state index < -0.39 is 0 Å². The number of nitrogens with one attached hydrogen (secondary N) is 1. The SMILES string of the molecule is CC(C)CCNC(=O)c1ccc(CN2CCCCC2)cc1. The number of hydrogen-bond acceptors (Lipinski definition) is 2. The quantitative estimate of drug-likeness (QED) is 0.869. The fourth-order valence-electron chi connectivity index (χ4n) is 2.71. The molecule has 2 rings (SSSR count). The van der Waals surface area contributed by atoms with E-state index in [2.05, 4.69) is 36.2 Å². The highest BCUT2D eigenvalue weighted by molar-refractivity contribution is 5.94. The number of amides is 1. The van der Waals surface area contributed by atoms with Crippen LogP contribution in [0.25, 0.3) is 0 Å². The Morgan fingerprint density at radius 2 is 1.81 bits per heavy atom. The predicted octanol–water partition coefficient (Wildman–Crippen LogP) is 3.45. The molecule has 1 aromatic rings. The summed E-state index contributed by atoms with van der Waals surface area (Å²) >= 11 is 0. The summed E-state index contributed by atoms with van der Waals surface area (Å²) in [4.78, 5) is 14.5. The summed E-state index contributed by atoms with van der Waals surface area (Å²) < 4.78 is 0. The second-order valence-electron chi connectivity index (χ2n) is 6.47. The molecule has 1 aliphatic rings. The van der Waals surface area contributed by atoms with E-state index in [9.17, 15) is 4.79 Å².